The second-order valence-corrected chi connectivity index (χ2v) is 4.53. The maximum Gasteiger partial charge on any atom is 0.335 e. The molecule has 0 fully saturated rings. The smallest absolute Gasteiger partial charge is 0.335 e. The van der Waals surface area contributed by atoms with Gasteiger partial charge in [0.1, 0.15) is 0 Å². The van der Waals surface area contributed by atoms with E-state index in [1.54, 1.807) is 0 Å². The maximum atomic E-state index is 12.0. The van der Waals surface area contributed by atoms with E-state index in [9.17, 15) is 19.8 Å². The number of hydrogen-bond donors (Lipinski definition) is 4. The number of hydrogen-bond acceptors (Lipinski definition) is 4. The molecule has 0 aromatic heterocycles. The summed E-state index contributed by atoms with van der Waals surface area (Å²) in [5.41, 5.74) is -0.120. The normalized spacial score (nSPS) is 10.1. The number of aromatic carboxylic acids is 1. The molecule has 1 amide bonds. The van der Waals surface area contributed by atoms with Crippen LogP contribution < -0.4 is 5.32 Å². The van der Waals surface area contributed by atoms with Crippen LogP contribution in [-0.2, 0) is 0 Å². The van der Waals surface area contributed by atoms with Crippen LogP contribution in [0.1, 0.15) is 20.7 Å². The summed E-state index contributed by atoms with van der Waals surface area (Å²) < 4.78 is 0. The number of phenolic OH excluding ortho intramolecular Hbond substituents is 2. The number of amides is 1. The highest BCUT2D eigenvalue weighted by atomic mass is 35.5. The minimum atomic E-state index is -1.16. The van der Waals surface area contributed by atoms with Crippen molar-refractivity contribution in [3.05, 3.63) is 52.5 Å². The molecule has 0 heterocycles. The number of benzene rings is 2. The van der Waals surface area contributed by atoms with Crippen molar-refractivity contribution < 1.29 is 24.9 Å². The summed E-state index contributed by atoms with van der Waals surface area (Å²) in [6, 6.07) is 7.75. The van der Waals surface area contributed by atoms with Gasteiger partial charge in [-0.3, -0.25) is 4.79 Å². The molecule has 7 heteroatoms. The Hall–Kier alpha value is -2.73. The molecule has 2 rings (SSSR count). The van der Waals surface area contributed by atoms with Gasteiger partial charge in [0.2, 0.25) is 0 Å². The van der Waals surface area contributed by atoms with Crippen LogP contribution in [0.5, 0.6) is 11.5 Å². The molecule has 0 atom stereocenters. The van der Waals surface area contributed by atoms with E-state index in [0.29, 0.717) is 0 Å². The predicted molar refractivity (Wildman–Crippen MR) is 76.1 cm³/mol. The number of halogens is 1. The van der Waals surface area contributed by atoms with E-state index >= 15 is 0 Å². The zero-order valence-electron chi connectivity index (χ0n) is 10.5. The van der Waals surface area contributed by atoms with Gasteiger partial charge in [-0.1, -0.05) is 17.7 Å². The molecular weight excluding hydrogens is 298 g/mol. The van der Waals surface area contributed by atoms with E-state index in [2.05, 4.69) is 5.32 Å². The van der Waals surface area contributed by atoms with E-state index in [-0.39, 0.29) is 21.8 Å². The van der Waals surface area contributed by atoms with Crippen molar-refractivity contribution in [2.75, 3.05) is 5.32 Å². The van der Waals surface area contributed by atoms with Crippen molar-refractivity contribution in [1.29, 1.82) is 0 Å². The van der Waals surface area contributed by atoms with Gasteiger partial charge in [-0.25, -0.2) is 4.79 Å². The standard InChI is InChI=1S/C14H10ClNO5/c15-9-5-4-7(14(20)21)6-10(9)16-13(19)8-2-1-3-11(17)12(8)18/h1-6,17-18H,(H,16,19)(H,20,21). The summed E-state index contributed by atoms with van der Waals surface area (Å²) in [5, 5.41) is 30.4. The second kappa shape index (κ2) is 5.72. The van der Waals surface area contributed by atoms with Crippen LogP contribution >= 0.6 is 11.6 Å². The fourth-order valence-corrected chi connectivity index (χ4v) is 1.82. The van der Waals surface area contributed by atoms with Crippen LogP contribution in [0.4, 0.5) is 5.69 Å². The van der Waals surface area contributed by atoms with Crippen molar-refractivity contribution in [3.8, 4) is 11.5 Å². The first kappa shape index (κ1) is 14.7. The number of rotatable bonds is 3. The summed E-state index contributed by atoms with van der Waals surface area (Å²) >= 11 is 5.88. The van der Waals surface area contributed by atoms with Gasteiger partial charge >= 0.3 is 5.97 Å². The molecule has 4 N–H and O–H groups in total. The highest BCUT2D eigenvalue weighted by Crippen LogP contribution is 2.30. The first-order valence-corrected chi connectivity index (χ1v) is 6.13. The van der Waals surface area contributed by atoms with Gasteiger partial charge in [-0.15, -0.1) is 0 Å². The Balaban J connectivity index is 2.33. The van der Waals surface area contributed by atoms with Gasteiger partial charge in [0.25, 0.3) is 5.91 Å². The van der Waals surface area contributed by atoms with Gasteiger partial charge in [-0.05, 0) is 30.3 Å². The number of carbonyl (C=O) groups is 2. The molecule has 0 radical (unpaired) electrons. The zero-order chi connectivity index (χ0) is 15.6. The molecule has 2 aromatic carbocycles. The van der Waals surface area contributed by atoms with Crippen LogP contribution in [0.2, 0.25) is 5.02 Å². The lowest BCUT2D eigenvalue weighted by Gasteiger charge is -2.09. The third-order valence-corrected chi connectivity index (χ3v) is 3.05. The number of phenols is 2. The van der Waals surface area contributed by atoms with E-state index in [0.717, 1.165) is 0 Å². The molecule has 0 unspecified atom stereocenters. The number of aromatic hydroxyl groups is 2. The summed E-state index contributed by atoms with van der Waals surface area (Å²) in [5.74, 6) is -2.90. The molecule has 0 aliphatic heterocycles. The van der Waals surface area contributed by atoms with Crippen molar-refractivity contribution in [2.45, 2.75) is 0 Å². The molecule has 0 bridgehead atoms. The van der Waals surface area contributed by atoms with Crippen molar-refractivity contribution in [1.82, 2.24) is 0 Å². The zero-order valence-corrected chi connectivity index (χ0v) is 11.3. The van der Waals surface area contributed by atoms with Gasteiger partial charge in [-0.2, -0.15) is 0 Å². The third kappa shape index (κ3) is 3.06. The molecule has 0 aliphatic rings. The maximum absolute atomic E-state index is 12.0. The molecular formula is C14H10ClNO5. The van der Waals surface area contributed by atoms with Crippen molar-refractivity contribution in [3.63, 3.8) is 0 Å². The van der Waals surface area contributed by atoms with Crippen LogP contribution in [0.25, 0.3) is 0 Å². The second-order valence-electron chi connectivity index (χ2n) is 4.13. The van der Waals surface area contributed by atoms with Crippen molar-refractivity contribution in [2.24, 2.45) is 0 Å². The highest BCUT2D eigenvalue weighted by molar-refractivity contribution is 6.34. The lowest BCUT2D eigenvalue weighted by Crippen LogP contribution is -2.13. The molecule has 2 aromatic rings. The van der Waals surface area contributed by atoms with Gasteiger partial charge in [0.05, 0.1) is 21.8 Å². The first-order chi connectivity index (χ1) is 9.90. The Morgan fingerprint density at radius 1 is 1.10 bits per heavy atom. The minimum Gasteiger partial charge on any atom is -0.504 e. The fraction of sp³-hybridized carbons (Fsp3) is 0. The quantitative estimate of drug-likeness (QED) is 0.652. The average Bonchev–Trinajstić information content (AvgIpc) is 2.43. The summed E-state index contributed by atoms with van der Waals surface area (Å²) in [7, 11) is 0. The summed E-state index contributed by atoms with van der Waals surface area (Å²) in [6.07, 6.45) is 0. The van der Waals surface area contributed by atoms with Crippen LogP contribution in [-0.4, -0.2) is 27.2 Å². The number of carbonyl (C=O) groups excluding carboxylic acids is 1. The van der Waals surface area contributed by atoms with E-state index in [4.69, 9.17) is 16.7 Å². The monoisotopic (exact) mass is 307 g/mol. The Labute approximate surface area is 124 Å². The highest BCUT2D eigenvalue weighted by Gasteiger charge is 2.16. The number of carboxylic acids is 1. The van der Waals surface area contributed by atoms with E-state index in [1.165, 1.54) is 36.4 Å². The van der Waals surface area contributed by atoms with E-state index < -0.39 is 23.4 Å². The Morgan fingerprint density at radius 3 is 2.48 bits per heavy atom. The average molecular weight is 308 g/mol. The molecule has 21 heavy (non-hydrogen) atoms. The topological polar surface area (TPSA) is 107 Å². The molecule has 0 saturated carbocycles. The summed E-state index contributed by atoms with van der Waals surface area (Å²) in [6.45, 7) is 0. The fourth-order valence-electron chi connectivity index (χ4n) is 1.66. The first-order valence-electron chi connectivity index (χ1n) is 5.75. The Morgan fingerprint density at radius 2 is 1.81 bits per heavy atom. The lowest BCUT2D eigenvalue weighted by molar-refractivity contribution is 0.0696. The predicted octanol–water partition coefficient (Wildman–Crippen LogP) is 2.70. The van der Waals surface area contributed by atoms with Gasteiger partial charge < -0.3 is 20.6 Å². The molecule has 0 aliphatic carbocycles. The van der Waals surface area contributed by atoms with Crippen LogP contribution in [0.15, 0.2) is 36.4 Å². The van der Waals surface area contributed by atoms with Crippen molar-refractivity contribution >= 4 is 29.2 Å². The number of nitrogens with one attached hydrogen (secondary N) is 1. The number of anilines is 1. The molecule has 0 spiro atoms. The summed E-state index contributed by atoms with van der Waals surface area (Å²) in [4.78, 5) is 22.9. The minimum absolute atomic E-state index is 0.0465. The molecule has 6 nitrogen and oxygen atoms in total. The third-order valence-electron chi connectivity index (χ3n) is 2.72. The Bertz CT molecular complexity index is 729. The van der Waals surface area contributed by atoms with Gasteiger partial charge in [0, 0.05) is 0 Å². The SMILES string of the molecule is O=C(O)c1ccc(Cl)c(NC(=O)c2cccc(O)c2O)c1. The van der Waals surface area contributed by atoms with E-state index in [1.807, 2.05) is 0 Å². The van der Waals surface area contributed by atoms with Crippen LogP contribution in [0, 0.1) is 0 Å². The van der Waals surface area contributed by atoms with Crippen LogP contribution in [0.3, 0.4) is 0 Å². The molecule has 108 valence electrons. The number of para-hydroxylation sites is 1. The largest absolute Gasteiger partial charge is 0.504 e. The Kier molecular flexibility index (Phi) is 4.00. The lowest BCUT2D eigenvalue weighted by atomic mass is 10.1. The molecule has 0 saturated heterocycles. The number of carboxylic acid groups (broad SMARTS) is 1. The van der Waals surface area contributed by atoms with Gasteiger partial charge in [0.15, 0.2) is 11.5 Å².